The van der Waals surface area contributed by atoms with E-state index in [0.29, 0.717) is 0 Å². The summed E-state index contributed by atoms with van der Waals surface area (Å²) in [4.78, 5) is 11.1. The fraction of sp³-hybridized carbons (Fsp3) is 0.727. The molecule has 14 heavy (non-hydrogen) atoms. The van der Waals surface area contributed by atoms with Crippen LogP contribution < -0.4 is 5.56 Å². The zero-order valence-electron chi connectivity index (χ0n) is 9.15. The molecule has 3 nitrogen and oxygen atoms in total. The predicted molar refractivity (Wildman–Crippen MR) is 58.6 cm³/mol. The first kappa shape index (κ1) is 11.1. The third kappa shape index (κ3) is 3.05. The van der Waals surface area contributed by atoms with Crippen LogP contribution in [0.15, 0.2) is 4.79 Å². The summed E-state index contributed by atoms with van der Waals surface area (Å²) in [5, 5.41) is 5.54. The van der Waals surface area contributed by atoms with E-state index < -0.39 is 0 Å². The number of hydrogen-bond acceptors (Lipinski definition) is 1. The van der Waals surface area contributed by atoms with E-state index in [1.165, 1.54) is 32.1 Å². The van der Waals surface area contributed by atoms with Gasteiger partial charge in [-0.05, 0) is 19.8 Å². The molecule has 0 saturated heterocycles. The van der Waals surface area contributed by atoms with Crippen molar-refractivity contribution >= 4 is 0 Å². The zero-order chi connectivity index (χ0) is 10.4. The van der Waals surface area contributed by atoms with E-state index in [1.54, 1.807) is 0 Å². The molecule has 0 fully saturated rings. The molecule has 0 atom stereocenters. The van der Waals surface area contributed by atoms with Crippen molar-refractivity contribution in [2.75, 3.05) is 0 Å². The Morgan fingerprint density at radius 1 is 1.07 bits per heavy atom. The summed E-state index contributed by atoms with van der Waals surface area (Å²) in [5.41, 5.74) is 1.94. The predicted octanol–water partition coefficient (Wildman–Crippen LogP) is 2.52. The van der Waals surface area contributed by atoms with Gasteiger partial charge < -0.3 is 5.10 Å². The second-order valence-corrected chi connectivity index (χ2v) is 3.85. The van der Waals surface area contributed by atoms with Crippen LogP contribution in [0.4, 0.5) is 0 Å². The lowest BCUT2D eigenvalue weighted by Crippen LogP contribution is -2.01. The topological polar surface area (TPSA) is 48.6 Å². The average Bonchev–Trinajstić information content (AvgIpc) is 2.49. The van der Waals surface area contributed by atoms with Crippen molar-refractivity contribution < 1.29 is 0 Å². The number of unbranched alkanes of at least 4 members (excludes halogenated alkanes) is 4. The van der Waals surface area contributed by atoms with Crippen LogP contribution >= 0.6 is 0 Å². The molecule has 1 aromatic heterocycles. The van der Waals surface area contributed by atoms with Crippen LogP contribution in [0.1, 0.15) is 50.3 Å². The highest BCUT2D eigenvalue weighted by Gasteiger charge is 2.03. The van der Waals surface area contributed by atoms with E-state index in [1.807, 2.05) is 6.92 Å². The summed E-state index contributed by atoms with van der Waals surface area (Å²) < 4.78 is 0. The second-order valence-electron chi connectivity index (χ2n) is 3.85. The molecule has 1 aromatic rings. The molecule has 0 unspecified atom stereocenters. The second kappa shape index (κ2) is 5.68. The lowest BCUT2D eigenvalue weighted by atomic mass is 10.1. The number of hydrogen-bond donors (Lipinski definition) is 2. The zero-order valence-corrected chi connectivity index (χ0v) is 9.15. The van der Waals surface area contributed by atoms with Crippen LogP contribution in [0, 0.1) is 6.92 Å². The van der Waals surface area contributed by atoms with Crippen LogP contribution in [-0.2, 0) is 6.42 Å². The van der Waals surface area contributed by atoms with Crippen molar-refractivity contribution in [3.05, 3.63) is 21.6 Å². The third-order valence-electron chi connectivity index (χ3n) is 2.65. The van der Waals surface area contributed by atoms with Gasteiger partial charge in [0.25, 0.3) is 5.56 Å². The number of aromatic amines is 2. The van der Waals surface area contributed by atoms with E-state index >= 15 is 0 Å². The molecule has 0 aliphatic carbocycles. The largest absolute Gasteiger partial charge is 0.302 e. The first-order valence-electron chi connectivity index (χ1n) is 5.51. The van der Waals surface area contributed by atoms with Crippen LogP contribution in [-0.4, -0.2) is 10.2 Å². The summed E-state index contributed by atoms with van der Waals surface area (Å²) in [6.07, 6.45) is 7.34. The molecule has 2 N–H and O–H groups in total. The molecular weight excluding hydrogens is 176 g/mol. The standard InChI is InChI=1S/C11H20N2O/c1-3-4-5-6-7-8-10-9(2)11(14)13-12-10/h3-8H2,1-2H3,(H2,12,13,14). The van der Waals surface area contributed by atoms with Crippen LogP contribution in [0.5, 0.6) is 0 Å². The lowest BCUT2D eigenvalue weighted by molar-refractivity contribution is 0.627. The Morgan fingerprint density at radius 2 is 1.79 bits per heavy atom. The molecule has 1 rings (SSSR count). The quantitative estimate of drug-likeness (QED) is 0.675. The van der Waals surface area contributed by atoms with Gasteiger partial charge in [-0.25, -0.2) is 0 Å². The van der Waals surface area contributed by atoms with Crippen LogP contribution in [0.3, 0.4) is 0 Å². The molecule has 3 heteroatoms. The molecule has 1 heterocycles. The SMILES string of the molecule is CCCCCCCc1[nH][nH]c(=O)c1C. The van der Waals surface area contributed by atoms with E-state index in [2.05, 4.69) is 17.1 Å². The highest BCUT2D eigenvalue weighted by molar-refractivity contribution is 5.13. The molecular formula is C11H20N2O. The Balaban J connectivity index is 2.25. The molecule has 0 amide bonds. The van der Waals surface area contributed by atoms with Gasteiger partial charge in [0.1, 0.15) is 0 Å². The van der Waals surface area contributed by atoms with E-state index in [9.17, 15) is 4.79 Å². The summed E-state index contributed by atoms with van der Waals surface area (Å²) in [5.74, 6) is 0. The van der Waals surface area contributed by atoms with E-state index in [0.717, 1.165) is 17.7 Å². The minimum absolute atomic E-state index is 0.0218. The molecule has 0 saturated carbocycles. The molecule has 0 aliphatic heterocycles. The number of H-pyrrole nitrogens is 2. The summed E-state index contributed by atoms with van der Waals surface area (Å²) in [7, 11) is 0. The van der Waals surface area contributed by atoms with E-state index in [4.69, 9.17) is 0 Å². The first-order chi connectivity index (χ1) is 6.75. The van der Waals surface area contributed by atoms with Crippen molar-refractivity contribution in [2.45, 2.75) is 52.4 Å². The number of aromatic nitrogens is 2. The van der Waals surface area contributed by atoms with Gasteiger partial charge in [-0.15, -0.1) is 0 Å². The molecule has 0 radical (unpaired) electrons. The number of aryl methyl sites for hydroxylation is 1. The molecule has 0 aliphatic rings. The first-order valence-corrected chi connectivity index (χ1v) is 5.51. The van der Waals surface area contributed by atoms with Crippen molar-refractivity contribution in [2.24, 2.45) is 0 Å². The van der Waals surface area contributed by atoms with Gasteiger partial charge in [0.15, 0.2) is 0 Å². The molecule has 0 aromatic carbocycles. The van der Waals surface area contributed by atoms with Crippen molar-refractivity contribution in [1.29, 1.82) is 0 Å². The van der Waals surface area contributed by atoms with Gasteiger partial charge in [-0.3, -0.25) is 9.89 Å². The third-order valence-corrected chi connectivity index (χ3v) is 2.65. The summed E-state index contributed by atoms with van der Waals surface area (Å²) in [6, 6.07) is 0. The van der Waals surface area contributed by atoms with Gasteiger partial charge in [0, 0.05) is 11.3 Å². The van der Waals surface area contributed by atoms with Gasteiger partial charge in [0.2, 0.25) is 0 Å². The lowest BCUT2D eigenvalue weighted by Gasteiger charge is -1.99. The highest BCUT2D eigenvalue weighted by atomic mass is 16.1. The normalized spacial score (nSPS) is 10.7. The van der Waals surface area contributed by atoms with Crippen molar-refractivity contribution in [1.82, 2.24) is 10.2 Å². The maximum Gasteiger partial charge on any atom is 0.267 e. The monoisotopic (exact) mass is 196 g/mol. The van der Waals surface area contributed by atoms with Crippen molar-refractivity contribution in [3.8, 4) is 0 Å². The minimum Gasteiger partial charge on any atom is -0.302 e. The molecule has 0 bridgehead atoms. The van der Waals surface area contributed by atoms with Crippen LogP contribution in [0.25, 0.3) is 0 Å². The minimum atomic E-state index is 0.0218. The maximum absolute atomic E-state index is 11.1. The fourth-order valence-electron chi connectivity index (χ4n) is 1.61. The highest BCUT2D eigenvalue weighted by Crippen LogP contribution is 2.07. The number of nitrogens with one attached hydrogen (secondary N) is 2. The Hall–Kier alpha value is -0.990. The Labute approximate surface area is 84.9 Å². The molecule has 0 spiro atoms. The van der Waals surface area contributed by atoms with Crippen molar-refractivity contribution in [3.63, 3.8) is 0 Å². The average molecular weight is 196 g/mol. The maximum atomic E-state index is 11.1. The smallest absolute Gasteiger partial charge is 0.267 e. The number of rotatable bonds is 6. The Kier molecular flexibility index (Phi) is 4.50. The van der Waals surface area contributed by atoms with E-state index in [-0.39, 0.29) is 5.56 Å². The Bertz CT molecular complexity index is 311. The molecule has 80 valence electrons. The van der Waals surface area contributed by atoms with Gasteiger partial charge >= 0.3 is 0 Å². The van der Waals surface area contributed by atoms with Gasteiger partial charge in [-0.1, -0.05) is 32.6 Å². The summed E-state index contributed by atoms with van der Waals surface area (Å²) >= 11 is 0. The van der Waals surface area contributed by atoms with Gasteiger partial charge in [-0.2, -0.15) is 0 Å². The van der Waals surface area contributed by atoms with Crippen LogP contribution in [0.2, 0.25) is 0 Å². The Morgan fingerprint density at radius 3 is 2.36 bits per heavy atom. The summed E-state index contributed by atoms with van der Waals surface area (Å²) in [6.45, 7) is 4.09. The fourth-order valence-corrected chi connectivity index (χ4v) is 1.61. The van der Waals surface area contributed by atoms with Gasteiger partial charge in [0.05, 0.1) is 0 Å².